The Labute approximate surface area is 136 Å². The molecule has 0 aliphatic rings. The molecule has 5 heteroatoms. The molecular formula is C18H25NO4. The number of furan rings is 1. The van der Waals surface area contributed by atoms with Crippen LogP contribution in [-0.4, -0.2) is 29.8 Å². The number of rotatable bonds is 6. The fraction of sp³-hybridized carbons (Fsp3) is 0.500. The van der Waals surface area contributed by atoms with Gasteiger partial charge in [0.2, 0.25) is 0 Å². The van der Waals surface area contributed by atoms with Crippen LogP contribution in [0.15, 0.2) is 28.7 Å². The topological polar surface area (TPSA) is 71.7 Å². The molecule has 1 aromatic heterocycles. The molecule has 0 saturated carbocycles. The van der Waals surface area contributed by atoms with E-state index < -0.39 is 6.10 Å². The molecule has 0 saturated heterocycles. The molecule has 2 rings (SSSR count). The summed E-state index contributed by atoms with van der Waals surface area (Å²) in [5.41, 5.74) is 1.32. The highest BCUT2D eigenvalue weighted by Crippen LogP contribution is 2.27. The summed E-state index contributed by atoms with van der Waals surface area (Å²) < 4.78 is 10.8. The highest BCUT2D eigenvalue weighted by Gasteiger charge is 2.18. The van der Waals surface area contributed by atoms with E-state index in [1.807, 2.05) is 45.0 Å². The number of β-amino-alcohol motifs (C(OH)–C–C–N with tert-alkyl or cyclic N) is 1. The van der Waals surface area contributed by atoms with E-state index in [-0.39, 0.29) is 17.9 Å². The van der Waals surface area contributed by atoms with Crippen molar-refractivity contribution >= 4 is 16.9 Å². The van der Waals surface area contributed by atoms with Gasteiger partial charge in [0.25, 0.3) is 0 Å². The number of ether oxygens (including phenoxy) is 1. The largest absolute Gasteiger partial charge is 0.466 e. The van der Waals surface area contributed by atoms with Gasteiger partial charge in [0.15, 0.2) is 0 Å². The number of hydrogen-bond acceptors (Lipinski definition) is 5. The van der Waals surface area contributed by atoms with Crippen LogP contribution in [0.2, 0.25) is 0 Å². The minimum Gasteiger partial charge on any atom is -0.466 e. The standard InChI is InChI=1S/C18H25NO4/c1-5-22-16(21)10-13-8-6-7-12-9-15(23-17(12)13)14(20)11-19-18(2,3)4/h6-9,14,19-20H,5,10-11H2,1-4H3. The first-order valence-electron chi connectivity index (χ1n) is 7.90. The fourth-order valence-corrected chi connectivity index (χ4v) is 2.32. The van der Waals surface area contributed by atoms with Gasteiger partial charge in [0.1, 0.15) is 17.4 Å². The number of benzene rings is 1. The van der Waals surface area contributed by atoms with Crippen molar-refractivity contribution in [1.29, 1.82) is 0 Å². The molecular weight excluding hydrogens is 294 g/mol. The lowest BCUT2D eigenvalue weighted by Crippen LogP contribution is -2.38. The molecule has 0 fully saturated rings. The predicted octanol–water partition coefficient (Wildman–Crippen LogP) is 2.96. The summed E-state index contributed by atoms with van der Waals surface area (Å²) in [4.78, 5) is 11.7. The Hall–Kier alpha value is -1.85. The first-order valence-corrected chi connectivity index (χ1v) is 7.90. The normalized spacial score (nSPS) is 13.3. The summed E-state index contributed by atoms with van der Waals surface area (Å²) in [6, 6.07) is 7.43. The Morgan fingerprint density at radius 3 is 2.78 bits per heavy atom. The number of carbonyl (C=O) groups excluding carboxylic acids is 1. The average molecular weight is 319 g/mol. The Balaban J connectivity index is 2.19. The lowest BCUT2D eigenvalue weighted by Gasteiger charge is -2.22. The zero-order valence-corrected chi connectivity index (χ0v) is 14.2. The highest BCUT2D eigenvalue weighted by molar-refractivity contribution is 5.85. The number of aliphatic hydroxyl groups is 1. The van der Waals surface area contributed by atoms with Crippen LogP contribution in [0.5, 0.6) is 0 Å². The van der Waals surface area contributed by atoms with E-state index in [9.17, 15) is 9.90 Å². The minimum atomic E-state index is -0.739. The molecule has 1 unspecified atom stereocenters. The Bertz CT molecular complexity index is 669. The summed E-state index contributed by atoms with van der Waals surface area (Å²) in [5.74, 6) is 0.209. The van der Waals surface area contributed by atoms with Crippen molar-refractivity contribution in [3.05, 3.63) is 35.6 Å². The lowest BCUT2D eigenvalue weighted by molar-refractivity contribution is -0.142. The summed E-state index contributed by atoms with van der Waals surface area (Å²) in [6.45, 7) is 8.65. The second-order valence-corrected chi connectivity index (χ2v) is 6.61. The Morgan fingerprint density at radius 1 is 1.39 bits per heavy atom. The molecule has 2 N–H and O–H groups in total. The SMILES string of the molecule is CCOC(=O)Cc1cccc2cc(C(O)CNC(C)(C)C)oc12. The van der Waals surface area contributed by atoms with Crippen LogP contribution in [0.1, 0.15) is 45.1 Å². The maximum atomic E-state index is 11.7. The number of hydrogen-bond donors (Lipinski definition) is 2. The molecule has 0 aliphatic heterocycles. The zero-order chi connectivity index (χ0) is 17.0. The highest BCUT2D eigenvalue weighted by atomic mass is 16.5. The third kappa shape index (κ3) is 4.81. The number of aliphatic hydroxyl groups excluding tert-OH is 1. The smallest absolute Gasteiger partial charge is 0.310 e. The summed E-state index contributed by atoms with van der Waals surface area (Å²) in [6.07, 6.45) is -0.578. The first kappa shape index (κ1) is 17.5. The molecule has 0 spiro atoms. The number of para-hydroxylation sites is 1. The van der Waals surface area contributed by atoms with Gasteiger partial charge in [0, 0.05) is 23.0 Å². The van der Waals surface area contributed by atoms with E-state index in [0.717, 1.165) is 10.9 Å². The molecule has 0 amide bonds. The van der Waals surface area contributed by atoms with Crippen molar-refractivity contribution in [3.63, 3.8) is 0 Å². The van der Waals surface area contributed by atoms with E-state index in [1.165, 1.54) is 0 Å². The third-order valence-electron chi connectivity index (χ3n) is 3.44. The molecule has 0 aliphatic carbocycles. The van der Waals surface area contributed by atoms with Crippen LogP contribution < -0.4 is 5.32 Å². The van der Waals surface area contributed by atoms with Gasteiger partial charge >= 0.3 is 5.97 Å². The maximum Gasteiger partial charge on any atom is 0.310 e. The fourth-order valence-electron chi connectivity index (χ4n) is 2.32. The summed E-state index contributed by atoms with van der Waals surface area (Å²) >= 11 is 0. The van der Waals surface area contributed by atoms with E-state index in [2.05, 4.69) is 5.32 Å². The van der Waals surface area contributed by atoms with Gasteiger partial charge in [-0.3, -0.25) is 4.79 Å². The number of carbonyl (C=O) groups is 1. The second-order valence-electron chi connectivity index (χ2n) is 6.61. The molecule has 23 heavy (non-hydrogen) atoms. The van der Waals surface area contributed by atoms with Crippen LogP contribution in [0.3, 0.4) is 0 Å². The van der Waals surface area contributed by atoms with E-state index in [0.29, 0.717) is 24.5 Å². The van der Waals surface area contributed by atoms with Gasteiger partial charge in [-0.2, -0.15) is 0 Å². The number of fused-ring (bicyclic) bond motifs is 1. The predicted molar refractivity (Wildman–Crippen MR) is 89.3 cm³/mol. The van der Waals surface area contributed by atoms with Gasteiger partial charge in [-0.05, 0) is 33.8 Å². The molecule has 5 nitrogen and oxygen atoms in total. The van der Waals surface area contributed by atoms with E-state index in [4.69, 9.17) is 9.15 Å². The molecule has 0 radical (unpaired) electrons. The average Bonchev–Trinajstić information content (AvgIpc) is 2.89. The van der Waals surface area contributed by atoms with Crippen molar-refractivity contribution in [2.45, 2.75) is 45.8 Å². The van der Waals surface area contributed by atoms with Gasteiger partial charge in [-0.25, -0.2) is 0 Å². The first-order chi connectivity index (χ1) is 10.8. The van der Waals surface area contributed by atoms with Crippen molar-refractivity contribution in [1.82, 2.24) is 5.32 Å². The van der Waals surface area contributed by atoms with Crippen LogP contribution in [-0.2, 0) is 16.0 Å². The minimum absolute atomic E-state index is 0.0813. The molecule has 1 heterocycles. The lowest BCUT2D eigenvalue weighted by atomic mass is 10.1. The van der Waals surface area contributed by atoms with Gasteiger partial charge in [-0.15, -0.1) is 0 Å². The molecule has 1 atom stereocenters. The van der Waals surface area contributed by atoms with E-state index >= 15 is 0 Å². The maximum absolute atomic E-state index is 11.7. The molecule has 2 aromatic rings. The van der Waals surface area contributed by atoms with Crippen LogP contribution in [0.4, 0.5) is 0 Å². The Morgan fingerprint density at radius 2 is 2.13 bits per heavy atom. The molecule has 126 valence electrons. The van der Waals surface area contributed by atoms with Crippen LogP contribution >= 0.6 is 0 Å². The molecule has 0 bridgehead atoms. The second kappa shape index (κ2) is 7.15. The number of nitrogens with one attached hydrogen (secondary N) is 1. The third-order valence-corrected chi connectivity index (χ3v) is 3.44. The van der Waals surface area contributed by atoms with Gasteiger partial charge in [0.05, 0.1) is 13.0 Å². The van der Waals surface area contributed by atoms with E-state index in [1.54, 1.807) is 6.92 Å². The van der Waals surface area contributed by atoms with Gasteiger partial charge < -0.3 is 19.6 Å². The Kier molecular flexibility index (Phi) is 5.44. The number of esters is 1. The van der Waals surface area contributed by atoms with Crippen molar-refractivity contribution in [3.8, 4) is 0 Å². The van der Waals surface area contributed by atoms with Crippen molar-refractivity contribution in [2.75, 3.05) is 13.2 Å². The monoisotopic (exact) mass is 319 g/mol. The van der Waals surface area contributed by atoms with Crippen LogP contribution in [0, 0.1) is 0 Å². The van der Waals surface area contributed by atoms with Crippen molar-refractivity contribution < 1.29 is 19.1 Å². The summed E-state index contributed by atoms with van der Waals surface area (Å²) in [5, 5.41) is 14.4. The quantitative estimate of drug-likeness (QED) is 0.801. The zero-order valence-electron chi connectivity index (χ0n) is 14.2. The molecule has 1 aromatic carbocycles. The van der Waals surface area contributed by atoms with Gasteiger partial charge in [-0.1, -0.05) is 18.2 Å². The van der Waals surface area contributed by atoms with Crippen LogP contribution in [0.25, 0.3) is 11.0 Å². The summed E-state index contributed by atoms with van der Waals surface area (Å²) in [7, 11) is 0. The van der Waals surface area contributed by atoms with Crippen molar-refractivity contribution in [2.24, 2.45) is 0 Å².